The van der Waals surface area contributed by atoms with Gasteiger partial charge in [0.05, 0.1) is 5.69 Å². The quantitative estimate of drug-likeness (QED) is 0.823. The molecule has 0 bridgehead atoms. The molecule has 2 aromatic rings. The summed E-state index contributed by atoms with van der Waals surface area (Å²) < 4.78 is 10.5. The summed E-state index contributed by atoms with van der Waals surface area (Å²) >= 11 is 0. The second-order valence-corrected chi connectivity index (χ2v) is 8.58. The number of benzene rings is 1. The van der Waals surface area contributed by atoms with Crippen molar-refractivity contribution in [1.29, 1.82) is 0 Å². The molecule has 1 N–H and O–H groups in total. The van der Waals surface area contributed by atoms with E-state index in [0.717, 1.165) is 36.7 Å². The summed E-state index contributed by atoms with van der Waals surface area (Å²) in [7, 11) is 0. The van der Waals surface area contributed by atoms with Gasteiger partial charge in [0.25, 0.3) is 5.91 Å². The van der Waals surface area contributed by atoms with Gasteiger partial charge >= 0.3 is 6.09 Å². The normalized spacial score (nSPS) is 15.2. The molecule has 8 heteroatoms. The van der Waals surface area contributed by atoms with Crippen molar-refractivity contribution in [3.05, 3.63) is 46.8 Å². The fraction of sp³-hybridized carbons (Fsp3) is 0.500. The lowest BCUT2D eigenvalue weighted by molar-refractivity contribution is 0.0619. The van der Waals surface area contributed by atoms with Crippen LogP contribution in [0.1, 0.15) is 48.1 Å². The first kappa shape index (κ1) is 21.8. The SMILES string of the molecule is Cc1noc(C)c1CN1CCN(C(=O)c2cccc(NC(=O)OC(C)(C)C)c2)CC1. The van der Waals surface area contributed by atoms with E-state index in [1.807, 2.05) is 18.7 Å². The third-order valence-electron chi connectivity index (χ3n) is 4.98. The average molecular weight is 415 g/mol. The van der Waals surface area contributed by atoms with Crippen molar-refractivity contribution in [3.63, 3.8) is 0 Å². The second kappa shape index (κ2) is 8.87. The fourth-order valence-corrected chi connectivity index (χ4v) is 3.39. The highest BCUT2D eigenvalue weighted by Crippen LogP contribution is 2.18. The molecule has 0 aliphatic carbocycles. The van der Waals surface area contributed by atoms with E-state index in [1.165, 1.54) is 0 Å². The highest BCUT2D eigenvalue weighted by Gasteiger charge is 2.24. The molecule has 2 amide bonds. The monoisotopic (exact) mass is 414 g/mol. The second-order valence-electron chi connectivity index (χ2n) is 8.58. The van der Waals surface area contributed by atoms with E-state index in [1.54, 1.807) is 45.0 Å². The molecule has 8 nitrogen and oxygen atoms in total. The van der Waals surface area contributed by atoms with Gasteiger partial charge in [-0.05, 0) is 52.8 Å². The lowest BCUT2D eigenvalue weighted by atomic mass is 10.1. The van der Waals surface area contributed by atoms with Crippen LogP contribution in [0.25, 0.3) is 0 Å². The molecule has 0 radical (unpaired) electrons. The van der Waals surface area contributed by atoms with Crippen LogP contribution in [0.15, 0.2) is 28.8 Å². The molecule has 162 valence electrons. The maximum atomic E-state index is 12.9. The number of carbonyl (C=O) groups excluding carboxylic acids is 2. The van der Waals surface area contributed by atoms with Crippen molar-refractivity contribution < 1.29 is 18.8 Å². The maximum Gasteiger partial charge on any atom is 0.412 e. The van der Waals surface area contributed by atoms with Crippen molar-refractivity contribution in [1.82, 2.24) is 15.0 Å². The number of aryl methyl sites for hydroxylation is 2. The number of rotatable bonds is 4. The van der Waals surface area contributed by atoms with Crippen LogP contribution < -0.4 is 5.32 Å². The molecular formula is C22H30N4O4. The zero-order chi connectivity index (χ0) is 21.9. The number of hydrogen-bond donors (Lipinski definition) is 1. The number of nitrogens with zero attached hydrogens (tertiary/aromatic N) is 3. The predicted octanol–water partition coefficient (Wildman–Crippen LogP) is 3.60. The molecule has 1 fully saturated rings. The van der Waals surface area contributed by atoms with Crippen LogP contribution in [0.5, 0.6) is 0 Å². The Labute approximate surface area is 177 Å². The number of nitrogens with one attached hydrogen (secondary N) is 1. The minimum absolute atomic E-state index is 0.0418. The van der Waals surface area contributed by atoms with Crippen LogP contribution in [0, 0.1) is 13.8 Å². The van der Waals surface area contributed by atoms with Crippen molar-refractivity contribution in [2.45, 2.75) is 46.8 Å². The molecule has 1 aromatic carbocycles. The standard InChI is InChI=1S/C22H30N4O4/c1-15-19(16(2)30-24-15)14-25-9-11-26(12-10-25)20(27)17-7-6-8-18(13-17)23-21(28)29-22(3,4)5/h6-8,13H,9-12,14H2,1-5H3,(H,23,28). The van der Waals surface area contributed by atoms with Crippen LogP contribution in [0.2, 0.25) is 0 Å². The highest BCUT2D eigenvalue weighted by atomic mass is 16.6. The summed E-state index contributed by atoms with van der Waals surface area (Å²) in [5, 5.41) is 6.69. The number of aromatic nitrogens is 1. The van der Waals surface area contributed by atoms with Gasteiger partial charge in [-0.25, -0.2) is 4.79 Å². The molecule has 3 rings (SSSR count). The summed E-state index contributed by atoms with van der Waals surface area (Å²) in [6.07, 6.45) is -0.542. The van der Waals surface area contributed by atoms with Crippen molar-refractivity contribution in [2.75, 3.05) is 31.5 Å². The van der Waals surface area contributed by atoms with E-state index in [4.69, 9.17) is 9.26 Å². The van der Waals surface area contributed by atoms with Gasteiger partial charge in [0, 0.05) is 49.5 Å². The zero-order valence-electron chi connectivity index (χ0n) is 18.3. The molecule has 1 aromatic heterocycles. The van der Waals surface area contributed by atoms with E-state index < -0.39 is 11.7 Å². The van der Waals surface area contributed by atoms with Gasteiger partial charge in [0.2, 0.25) is 0 Å². The van der Waals surface area contributed by atoms with Gasteiger partial charge in [-0.1, -0.05) is 11.2 Å². The first-order chi connectivity index (χ1) is 14.1. The number of piperazine rings is 1. The van der Waals surface area contributed by atoms with Gasteiger partial charge in [-0.3, -0.25) is 15.0 Å². The van der Waals surface area contributed by atoms with Gasteiger partial charge in [-0.15, -0.1) is 0 Å². The maximum absolute atomic E-state index is 12.9. The molecule has 0 atom stereocenters. The van der Waals surface area contributed by atoms with Crippen LogP contribution in [0.4, 0.5) is 10.5 Å². The Hall–Kier alpha value is -2.87. The zero-order valence-corrected chi connectivity index (χ0v) is 18.3. The molecule has 0 unspecified atom stereocenters. The highest BCUT2D eigenvalue weighted by molar-refractivity contribution is 5.96. The molecule has 0 spiro atoms. The van der Waals surface area contributed by atoms with Crippen molar-refractivity contribution >= 4 is 17.7 Å². The molecule has 1 aliphatic rings. The third-order valence-corrected chi connectivity index (χ3v) is 4.98. The molecule has 1 aliphatic heterocycles. The Kier molecular flexibility index (Phi) is 6.45. The first-order valence-electron chi connectivity index (χ1n) is 10.2. The Morgan fingerprint density at radius 1 is 1.17 bits per heavy atom. The topological polar surface area (TPSA) is 87.9 Å². The van der Waals surface area contributed by atoms with E-state index in [-0.39, 0.29) is 5.91 Å². The summed E-state index contributed by atoms with van der Waals surface area (Å²) in [6.45, 7) is 12.9. The van der Waals surface area contributed by atoms with E-state index >= 15 is 0 Å². The summed E-state index contributed by atoms with van der Waals surface area (Å²) in [4.78, 5) is 29.1. The first-order valence-corrected chi connectivity index (χ1v) is 10.2. The van der Waals surface area contributed by atoms with Crippen LogP contribution >= 0.6 is 0 Å². The Morgan fingerprint density at radius 2 is 1.87 bits per heavy atom. The minimum atomic E-state index is -0.583. The Morgan fingerprint density at radius 3 is 2.47 bits per heavy atom. The van der Waals surface area contributed by atoms with E-state index in [0.29, 0.717) is 24.3 Å². The van der Waals surface area contributed by atoms with Gasteiger partial charge in [0.15, 0.2) is 0 Å². The number of amides is 2. The summed E-state index contributed by atoms with van der Waals surface area (Å²) in [5.74, 6) is 0.806. The Balaban J connectivity index is 1.57. The largest absolute Gasteiger partial charge is 0.444 e. The van der Waals surface area contributed by atoms with Crippen molar-refractivity contribution in [3.8, 4) is 0 Å². The Bertz CT molecular complexity index is 889. The smallest absolute Gasteiger partial charge is 0.412 e. The molecule has 0 saturated carbocycles. The van der Waals surface area contributed by atoms with E-state index in [9.17, 15) is 9.59 Å². The number of ether oxygens (including phenoxy) is 1. The van der Waals surface area contributed by atoms with Gasteiger partial charge in [0.1, 0.15) is 11.4 Å². The molecule has 1 saturated heterocycles. The molecule has 2 heterocycles. The van der Waals surface area contributed by atoms with E-state index in [2.05, 4.69) is 15.4 Å². The molecular weight excluding hydrogens is 384 g/mol. The lowest BCUT2D eigenvalue weighted by Gasteiger charge is -2.34. The number of hydrogen-bond acceptors (Lipinski definition) is 6. The lowest BCUT2D eigenvalue weighted by Crippen LogP contribution is -2.48. The minimum Gasteiger partial charge on any atom is -0.444 e. The molecule has 30 heavy (non-hydrogen) atoms. The van der Waals surface area contributed by atoms with Crippen LogP contribution in [0.3, 0.4) is 0 Å². The summed E-state index contributed by atoms with van der Waals surface area (Å²) in [5.41, 5.74) is 2.53. The van der Waals surface area contributed by atoms with Crippen LogP contribution in [-0.4, -0.2) is 58.7 Å². The fourth-order valence-electron chi connectivity index (χ4n) is 3.39. The van der Waals surface area contributed by atoms with Gasteiger partial charge < -0.3 is 14.2 Å². The predicted molar refractivity (Wildman–Crippen MR) is 113 cm³/mol. The third kappa shape index (κ3) is 5.60. The van der Waals surface area contributed by atoms with Crippen LogP contribution in [-0.2, 0) is 11.3 Å². The van der Waals surface area contributed by atoms with Crippen molar-refractivity contribution in [2.24, 2.45) is 0 Å². The number of carbonyl (C=O) groups is 2. The average Bonchev–Trinajstić information content (AvgIpc) is 2.99. The summed E-state index contributed by atoms with van der Waals surface area (Å²) in [6, 6.07) is 6.94. The van der Waals surface area contributed by atoms with Gasteiger partial charge in [-0.2, -0.15) is 0 Å². The number of anilines is 1.